The van der Waals surface area contributed by atoms with Gasteiger partial charge in [0.05, 0.1) is 11.2 Å². The van der Waals surface area contributed by atoms with Crippen LogP contribution in [0.1, 0.15) is 40.3 Å². The van der Waals surface area contributed by atoms with Gasteiger partial charge in [0.2, 0.25) is 0 Å². The Labute approximate surface area is 135 Å². The first kappa shape index (κ1) is 15.2. The minimum Gasteiger partial charge on any atom is -0.347 e. The van der Waals surface area contributed by atoms with Gasteiger partial charge in [0, 0.05) is 25.2 Å². The van der Waals surface area contributed by atoms with E-state index in [0.29, 0.717) is 6.04 Å². The number of hydrogen-bond donors (Lipinski definition) is 1. The van der Waals surface area contributed by atoms with Crippen molar-refractivity contribution in [2.45, 2.75) is 32.4 Å². The minimum absolute atomic E-state index is 0.0132. The van der Waals surface area contributed by atoms with Gasteiger partial charge in [0.25, 0.3) is 5.91 Å². The van der Waals surface area contributed by atoms with Crippen molar-refractivity contribution in [2.75, 3.05) is 13.1 Å². The topological polar surface area (TPSA) is 45.2 Å². The molecule has 0 radical (unpaired) electrons. The fourth-order valence-corrected chi connectivity index (χ4v) is 3.68. The summed E-state index contributed by atoms with van der Waals surface area (Å²) in [4.78, 5) is 19.6. The maximum atomic E-state index is 12.3. The molecule has 5 heteroatoms. The quantitative estimate of drug-likeness (QED) is 0.943. The summed E-state index contributed by atoms with van der Waals surface area (Å²) in [6.07, 6.45) is 1.00. The fraction of sp³-hybridized carbons (Fsp3) is 0.412. The Bertz CT molecular complexity index is 640. The summed E-state index contributed by atoms with van der Waals surface area (Å²) in [6, 6.07) is 11.1. The summed E-state index contributed by atoms with van der Waals surface area (Å²) < 4.78 is 0. The minimum atomic E-state index is 0.0132. The third-order valence-corrected chi connectivity index (χ3v) is 5.26. The van der Waals surface area contributed by atoms with Gasteiger partial charge < -0.3 is 5.32 Å². The number of hydrogen-bond acceptors (Lipinski definition) is 4. The zero-order valence-electron chi connectivity index (χ0n) is 13.0. The van der Waals surface area contributed by atoms with Gasteiger partial charge in [-0.15, -0.1) is 11.3 Å². The molecule has 1 aromatic heterocycles. The molecule has 3 rings (SSSR count). The smallest absolute Gasteiger partial charge is 0.263 e. The van der Waals surface area contributed by atoms with Crippen LogP contribution in [0.15, 0.2) is 35.8 Å². The van der Waals surface area contributed by atoms with Gasteiger partial charge in [0.1, 0.15) is 4.88 Å². The van der Waals surface area contributed by atoms with E-state index < -0.39 is 0 Å². The number of rotatable bonds is 4. The third-order valence-electron chi connectivity index (χ3n) is 4.34. The highest BCUT2D eigenvalue weighted by Crippen LogP contribution is 2.24. The zero-order valence-corrected chi connectivity index (χ0v) is 13.8. The molecular weight excluding hydrogens is 294 g/mol. The van der Waals surface area contributed by atoms with Gasteiger partial charge in [-0.05, 0) is 25.8 Å². The lowest BCUT2D eigenvalue weighted by Gasteiger charge is -2.24. The molecule has 0 unspecified atom stereocenters. The first-order valence-electron chi connectivity index (χ1n) is 7.65. The van der Waals surface area contributed by atoms with E-state index in [1.54, 1.807) is 5.51 Å². The Kier molecular flexibility index (Phi) is 4.55. The average molecular weight is 315 g/mol. The Hall–Kier alpha value is -1.72. The summed E-state index contributed by atoms with van der Waals surface area (Å²) in [5.74, 6) is 0.0132. The maximum absolute atomic E-state index is 12.3. The van der Waals surface area contributed by atoms with Crippen molar-refractivity contribution in [3.8, 4) is 0 Å². The average Bonchev–Trinajstić information content (AvgIpc) is 3.16. The van der Waals surface area contributed by atoms with Crippen LogP contribution in [0.5, 0.6) is 0 Å². The Balaban J connectivity index is 1.59. The van der Waals surface area contributed by atoms with Crippen LogP contribution in [-0.2, 0) is 0 Å². The Morgan fingerprint density at radius 2 is 2.18 bits per heavy atom. The predicted octanol–water partition coefficient (Wildman–Crippen LogP) is 3.02. The molecule has 116 valence electrons. The number of amides is 1. The largest absolute Gasteiger partial charge is 0.347 e. The number of likely N-dealkylation sites (tertiary alicyclic amines) is 1. The van der Waals surface area contributed by atoms with E-state index in [4.69, 9.17) is 0 Å². The Morgan fingerprint density at radius 1 is 1.41 bits per heavy atom. The van der Waals surface area contributed by atoms with Gasteiger partial charge in [-0.25, -0.2) is 4.98 Å². The van der Waals surface area contributed by atoms with Crippen LogP contribution in [0.3, 0.4) is 0 Å². The Morgan fingerprint density at radius 3 is 2.86 bits per heavy atom. The van der Waals surface area contributed by atoms with E-state index >= 15 is 0 Å². The van der Waals surface area contributed by atoms with Crippen molar-refractivity contribution in [3.05, 3.63) is 52.0 Å². The second-order valence-corrected chi connectivity index (χ2v) is 6.66. The molecule has 1 fully saturated rings. The van der Waals surface area contributed by atoms with E-state index in [1.165, 1.54) is 16.9 Å². The van der Waals surface area contributed by atoms with E-state index in [-0.39, 0.29) is 11.9 Å². The zero-order chi connectivity index (χ0) is 15.5. The number of carbonyl (C=O) groups excluding carboxylic acids is 1. The molecule has 1 aromatic carbocycles. The van der Waals surface area contributed by atoms with Gasteiger partial charge in [-0.1, -0.05) is 30.3 Å². The van der Waals surface area contributed by atoms with Gasteiger partial charge in [0.15, 0.2) is 0 Å². The number of benzene rings is 1. The molecule has 22 heavy (non-hydrogen) atoms. The van der Waals surface area contributed by atoms with Gasteiger partial charge in [-0.3, -0.25) is 9.69 Å². The summed E-state index contributed by atoms with van der Waals surface area (Å²) in [7, 11) is 0. The molecule has 0 bridgehead atoms. The van der Waals surface area contributed by atoms with Crippen LogP contribution >= 0.6 is 11.3 Å². The van der Waals surface area contributed by atoms with Gasteiger partial charge >= 0.3 is 0 Å². The van der Waals surface area contributed by atoms with E-state index in [1.807, 2.05) is 13.0 Å². The van der Waals surface area contributed by atoms with E-state index in [9.17, 15) is 4.79 Å². The number of carbonyl (C=O) groups is 1. The number of thiazole rings is 1. The van der Waals surface area contributed by atoms with Crippen LogP contribution in [0, 0.1) is 6.92 Å². The molecule has 1 amide bonds. The molecule has 0 spiro atoms. The van der Waals surface area contributed by atoms with E-state index in [2.05, 4.69) is 46.4 Å². The van der Waals surface area contributed by atoms with Crippen molar-refractivity contribution in [2.24, 2.45) is 0 Å². The SMILES string of the molecule is Cc1ncsc1C(=O)N[C@@H]1CCN([C@@H](C)c2ccccc2)C1. The first-order valence-corrected chi connectivity index (χ1v) is 8.53. The van der Waals surface area contributed by atoms with Crippen molar-refractivity contribution in [1.29, 1.82) is 0 Å². The number of aryl methyl sites for hydroxylation is 1. The van der Waals surface area contributed by atoms with Crippen LogP contribution < -0.4 is 5.32 Å². The van der Waals surface area contributed by atoms with Crippen molar-refractivity contribution < 1.29 is 4.79 Å². The third kappa shape index (κ3) is 3.20. The molecule has 0 aliphatic carbocycles. The monoisotopic (exact) mass is 315 g/mol. The summed E-state index contributed by atoms with van der Waals surface area (Å²) in [6.45, 7) is 6.03. The highest BCUT2D eigenvalue weighted by Gasteiger charge is 2.28. The molecule has 0 saturated carbocycles. The van der Waals surface area contributed by atoms with Crippen molar-refractivity contribution >= 4 is 17.2 Å². The molecule has 2 atom stereocenters. The molecule has 1 N–H and O–H groups in total. The number of nitrogens with one attached hydrogen (secondary N) is 1. The summed E-state index contributed by atoms with van der Waals surface area (Å²) >= 11 is 1.41. The second-order valence-electron chi connectivity index (χ2n) is 5.81. The fourth-order valence-electron chi connectivity index (χ4n) is 2.97. The van der Waals surface area contributed by atoms with Gasteiger partial charge in [-0.2, -0.15) is 0 Å². The highest BCUT2D eigenvalue weighted by molar-refractivity contribution is 7.11. The van der Waals surface area contributed by atoms with Crippen molar-refractivity contribution in [1.82, 2.24) is 15.2 Å². The standard InChI is InChI=1S/C17H21N3OS/c1-12-16(22-11-18-12)17(21)19-15-8-9-20(10-15)13(2)14-6-4-3-5-7-14/h3-7,11,13,15H,8-10H2,1-2H3,(H,19,21)/t13-,15+/m0/s1. The van der Waals surface area contributed by atoms with Crippen LogP contribution in [-0.4, -0.2) is 34.9 Å². The molecule has 1 aliphatic heterocycles. The summed E-state index contributed by atoms with van der Waals surface area (Å²) in [5, 5.41) is 3.15. The molecule has 1 saturated heterocycles. The lowest BCUT2D eigenvalue weighted by atomic mass is 10.1. The predicted molar refractivity (Wildman–Crippen MR) is 89.2 cm³/mol. The van der Waals surface area contributed by atoms with Crippen LogP contribution in [0.4, 0.5) is 0 Å². The normalized spacial score (nSPS) is 20.0. The highest BCUT2D eigenvalue weighted by atomic mass is 32.1. The lowest BCUT2D eigenvalue weighted by molar-refractivity contribution is 0.0940. The maximum Gasteiger partial charge on any atom is 0.263 e. The first-order chi connectivity index (χ1) is 10.6. The number of nitrogens with zero attached hydrogens (tertiary/aromatic N) is 2. The van der Waals surface area contributed by atoms with E-state index in [0.717, 1.165) is 30.1 Å². The van der Waals surface area contributed by atoms with Crippen LogP contribution in [0.2, 0.25) is 0 Å². The molecular formula is C17H21N3OS. The second kappa shape index (κ2) is 6.58. The lowest BCUT2D eigenvalue weighted by Crippen LogP contribution is -2.37. The van der Waals surface area contributed by atoms with Crippen molar-refractivity contribution in [3.63, 3.8) is 0 Å². The molecule has 2 aromatic rings. The molecule has 2 heterocycles. The molecule has 1 aliphatic rings. The summed E-state index contributed by atoms with van der Waals surface area (Å²) in [5.41, 5.74) is 3.87. The van der Waals surface area contributed by atoms with Crippen LogP contribution in [0.25, 0.3) is 0 Å². The molecule has 4 nitrogen and oxygen atoms in total. The number of aromatic nitrogens is 1.